The molecular formula is C24H28N4S. The topological polar surface area (TPSA) is 33.1 Å². The van der Waals surface area contributed by atoms with Crippen LogP contribution in [0.4, 0.5) is 0 Å². The van der Waals surface area contributed by atoms with Crippen LogP contribution in [-0.2, 0) is 0 Å². The van der Waals surface area contributed by atoms with E-state index in [9.17, 15) is 0 Å². The van der Waals surface area contributed by atoms with Crippen LogP contribution >= 0.6 is 12.2 Å². The van der Waals surface area contributed by atoms with E-state index in [2.05, 4.69) is 85.7 Å². The van der Waals surface area contributed by atoms with Crippen molar-refractivity contribution >= 4 is 17.3 Å². The molecule has 3 heterocycles. The number of nitrogens with zero attached hydrogens (tertiary/aromatic N) is 3. The van der Waals surface area contributed by atoms with Crippen molar-refractivity contribution in [3.05, 3.63) is 81.9 Å². The van der Waals surface area contributed by atoms with Crippen molar-refractivity contribution < 1.29 is 0 Å². The Labute approximate surface area is 178 Å². The van der Waals surface area contributed by atoms with Gasteiger partial charge in [0.15, 0.2) is 5.11 Å². The second-order valence-electron chi connectivity index (χ2n) is 8.15. The zero-order valence-electron chi connectivity index (χ0n) is 17.9. The summed E-state index contributed by atoms with van der Waals surface area (Å²) in [5.41, 5.74) is 9.95. The van der Waals surface area contributed by atoms with Gasteiger partial charge >= 0.3 is 0 Å². The Morgan fingerprint density at radius 3 is 2.31 bits per heavy atom. The highest BCUT2D eigenvalue weighted by atomic mass is 32.1. The molecule has 2 aromatic heterocycles. The number of thiocarbonyl (C=S) groups is 1. The van der Waals surface area contributed by atoms with E-state index in [1.807, 2.05) is 18.3 Å². The van der Waals surface area contributed by atoms with Crippen molar-refractivity contribution in [2.24, 2.45) is 0 Å². The summed E-state index contributed by atoms with van der Waals surface area (Å²) in [5.74, 6) is 0. The van der Waals surface area contributed by atoms with E-state index in [0.29, 0.717) is 0 Å². The van der Waals surface area contributed by atoms with E-state index in [-0.39, 0.29) is 12.1 Å². The van der Waals surface area contributed by atoms with Gasteiger partial charge in [-0.15, -0.1) is 0 Å². The van der Waals surface area contributed by atoms with Crippen LogP contribution in [-0.4, -0.2) is 26.6 Å². The fourth-order valence-corrected chi connectivity index (χ4v) is 5.04. The molecule has 1 aliphatic heterocycles. The van der Waals surface area contributed by atoms with Crippen molar-refractivity contribution in [2.45, 2.75) is 46.7 Å². The molecular weight excluding hydrogens is 376 g/mol. The number of benzene rings is 1. The Kier molecular flexibility index (Phi) is 4.95. The number of aromatic nitrogens is 2. The molecule has 0 spiro atoms. The minimum Gasteiger partial charge on any atom is -0.352 e. The lowest BCUT2D eigenvalue weighted by Gasteiger charge is -2.25. The summed E-state index contributed by atoms with van der Waals surface area (Å²) < 4.78 is 2.39. The Balaban J connectivity index is 1.86. The molecule has 1 fully saturated rings. The maximum absolute atomic E-state index is 5.61. The van der Waals surface area contributed by atoms with Crippen molar-refractivity contribution in [2.75, 3.05) is 7.05 Å². The van der Waals surface area contributed by atoms with E-state index in [1.54, 1.807) is 0 Å². The average molecular weight is 405 g/mol. The van der Waals surface area contributed by atoms with Crippen LogP contribution in [0.2, 0.25) is 0 Å². The predicted molar refractivity (Wildman–Crippen MR) is 123 cm³/mol. The van der Waals surface area contributed by atoms with Crippen LogP contribution in [0.15, 0.2) is 42.6 Å². The summed E-state index contributed by atoms with van der Waals surface area (Å²) in [7, 11) is 2.07. The highest BCUT2D eigenvalue weighted by molar-refractivity contribution is 7.80. The molecule has 0 bridgehead atoms. The number of nitrogens with one attached hydrogen (secondary N) is 1. The summed E-state index contributed by atoms with van der Waals surface area (Å²) in [6.07, 6.45) is 1.84. The lowest BCUT2D eigenvalue weighted by Crippen LogP contribution is -2.25. The van der Waals surface area contributed by atoms with Gasteiger partial charge in [0.2, 0.25) is 0 Å². The molecule has 2 atom stereocenters. The molecule has 5 heteroatoms. The third kappa shape index (κ3) is 3.23. The SMILES string of the molecule is Cc1cc(C)c(-n2c(C)cc([C@@H]3[C@@H](c4ccccn4)NC(=S)N3C)c2C)c(C)c1. The molecule has 1 aliphatic rings. The number of hydrogen-bond donors (Lipinski definition) is 1. The first-order valence-electron chi connectivity index (χ1n) is 10.0. The smallest absolute Gasteiger partial charge is 0.169 e. The first-order valence-corrected chi connectivity index (χ1v) is 10.4. The van der Waals surface area contributed by atoms with E-state index < -0.39 is 0 Å². The first kappa shape index (κ1) is 19.6. The summed E-state index contributed by atoms with van der Waals surface area (Å²) in [6.45, 7) is 10.9. The third-order valence-electron chi connectivity index (χ3n) is 5.99. The normalized spacial score (nSPS) is 19.0. The Hall–Kier alpha value is -2.66. The van der Waals surface area contributed by atoms with Gasteiger partial charge in [-0.05, 0) is 81.7 Å². The minimum atomic E-state index is 0.0304. The molecule has 0 amide bonds. The fraction of sp³-hybridized carbons (Fsp3) is 0.333. The molecule has 4 nitrogen and oxygen atoms in total. The molecule has 0 saturated carbocycles. The molecule has 4 rings (SSSR count). The molecule has 3 aromatic rings. The van der Waals surface area contributed by atoms with Gasteiger partial charge in [-0.1, -0.05) is 23.8 Å². The molecule has 29 heavy (non-hydrogen) atoms. The lowest BCUT2D eigenvalue weighted by atomic mass is 9.97. The maximum Gasteiger partial charge on any atom is 0.169 e. The van der Waals surface area contributed by atoms with Crippen molar-refractivity contribution in [1.29, 1.82) is 0 Å². The molecule has 0 unspecified atom stereocenters. The number of hydrogen-bond acceptors (Lipinski definition) is 2. The van der Waals surface area contributed by atoms with Gasteiger partial charge in [-0.25, -0.2) is 0 Å². The van der Waals surface area contributed by atoms with Crippen molar-refractivity contribution in [1.82, 2.24) is 19.8 Å². The zero-order chi connectivity index (χ0) is 20.9. The maximum atomic E-state index is 5.61. The fourth-order valence-electron chi connectivity index (χ4n) is 4.80. The summed E-state index contributed by atoms with van der Waals surface area (Å²) in [4.78, 5) is 6.77. The molecule has 1 saturated heterocycles. The van der Waals surface area contributed by atoms with Crippen LogP contribution in [0, 0.1) is 34.6 Å². The molecule has 1 N–H and O–H groups in total. The second-order valence-corrected chi connectivity index (χ2v) is 8.53. The van der Waals surface area contributed by atoms with Crippen molar-refractivity contribution in [3.63, 3.8) is 0 Å². The highest BCUT2D eigenvalue weighted by Gasteiger charge is 2.39. The number of likely N-dealkylation sites (N-methyl/N-ethyl adjacent to an activating group) is 1. The Bertz CT molecular complexity index is 1060. The molecule has 1 aromatic carbocycles. The molecule has 150 valence electrons. The lowest BCUT2D eigenvalue weighted by molar-refractivity contribution is 0.367. The quantitative estimate of drug-likeness (QED) is 0.622. The van der Waals surface area contributed by atoms with Gasteiger partial charge in [0.1, 0.15) is 0 Å². The number of rotatable bonds is 3. The molecule has 0 radical (unpaired) electrons. The van der Waals surface area contributed by atoms with Gasteiger partial charge in [-0.2, -0.15) is 0 Å². The van der Waals surface area contributed by atoms with E-state index >= 15 is 0 Å². The van der Waals surface area contributed by atoms with Crippen LogP contribution in [0.3, 0.4) is 0 Å². The van der Waals surface area contributed by atoms with Crippen molar-refractivity contribution in [3.8, 4) is 5.69 Å². The first-order chi connectivity index (χ1) is 13.8. The minimum absolute atomic E-state index is 0.0304. The largest absolute Gasteiger partial charge is 0.352 e. The Morgan fingerprint density at radius 2 is 1.69 bits per heavy atom. The third-order valence-corrected chi connectivity index (χ3v) is 6.39. The van der Waals surface area contributed by atoms with Gasteiger partial charge < -0.3 is 14.8 Å². The summed E-state index contributed by atoms with van der Waals surface area (Å²) >= 11 is 5.61. The van der Waals surface area contributed by atoms with Crippen LogP contribution in [0.25, 0.3) is 5.69 Å². The van der Waals surface area contributed by atoms with Gasteiger partial charge in [-0.3, -0.25) is 4.98 Å². The van der Waals surface area contributed by atoms with Gasteiger partial charge in [0.05, 0.1) is 23.5 Å². The van der Waals surface area contributed by atoms with E-state index in [0.717, 1.165) is 10.8 Å². The summed E-state index contributed by atoms with van der Waals surface area (Å²) in [5, 5.41) is 4.24. The summed E-state index contributed by atoms with van der Waals surface area (Å²) in [6, 6.07) is 13.0. The monoisotopic (exact) mass is 404 g/mol. The van der Waals surface area contributed by atoms with Gasteiger partial charge in [0, 0.05) is 24.6 Å². The zero-order valence-corrected chi connectivity index (χ0v) is 18.8. The van der Waals surface area contributed by atoms with E-state index in [1.165, 1.54) is 39.3 Å². The standard InChI is InChI=1S/C24H28N4S/c1-14-11-15(2)22(16(3)12-14)28-17(4)13-19(18(28)5)23-21(26-24(29)27(23)6)20-9-7-8-10-25-20/h7-13,21,23H,1-6H3,(H,26,29)/t21-,23-/m1/s1. The molecule has 0 aliphatic carbocycles. The Morgan fingerprint density at radius 1 is 1.00 bits per heavy atom. The number of aryl methyl sites for hydroxylation is 4. The number of pyridine rings is 1. The highest BCUT2D eigenvalue weighted by Crippen LogP contribution is 2.41. The van der Waals surface area contributed by atoms with Gasteiger partial charge in [0.25, 0.3) is 0 Å². The van der Waals surface area contributed by atoms with Crippen LogP contribution in [0.5, 0.6) is 0 Å². The van der Waals surface area contributed by atoms with Crippen LogP contribution in [0.1, 0.15) is 51.4 Å². The second kappa shape index (κ2) is 7.30. The van der Waals surface area contributed by atoms with E-state index in [4.69, 9.17) is 12.2 Å². The van der Waals surface area contributed by atoms with Crippen LogP contribution < -0.4 is 5.32 Å². The predicted octanol–water partition coefficient (Wildman–Crippen LogP) is 5.02. The average Bonchev–Trinajstić information content (AvgIpc) is 3.12.